The fourth-order valence-electron chi connectivity index (χ4n) is 3.89. The number of nitrogens with zero attached hydrogens (tertiary/aromatic N) is 1. The fraction of sp³-hybridized carbons (Fsp3) is 0.846. The van der Waals surface area contributed by atoms with Crippen molar-refractivity contribution < 1.29 is 9.59 Å². The highest BCUT2D eigenvalue weighted by atomic mass is 16.2. The molecule has 2 atom stereocenters. The first-order valence-electron chi connectivity index (χ1n) is 6.76. The normalized spacial score (nSPS) is 36.4. The number of carbonyl (C=O) groups is 2. The van der Waals surface area contributed by atoms with Crippen LogP contribution in [0.25, 0.3) is 0 Å². The van der Waals surface area contributed by atoms with Gasteiger partial charge in [-0.2, -0.15) is 0 Å². The molecular weight excluding hydrogens is 216 g/mol. The van der Waals surface area contributed by atoms with Crippen LogP contribution in [0.5, 0.6) is 0 Å². The summed E-state index contributed by atoms with van der Waals surface area (Å²) in [4.78, 5) is 26.2. The van der Waals surface area contributed by atoms with Crippen LogP contribution in [0.1, 0.15) is 51.4 Å². The summed E-state index contributed by atoms with van der Waals surface area (Å²) < 4.78 is 0. The third kappa shape index (κ3) is 1.53. The molecule has 3 rings (SSSR count). The zero-order chi connectivity index (χ0) is 12.0. The molecule has 2 amide bonds. The Balaban J connectivity index is 1.86. The summed E-state index contributed by atoms with van der Waals surface area (Å²) in [5.41, 5.74) is 5.69. The summed E-state index contributed by atoms with van der Waals surface area (Å²) in [6.45, 7) is 0. The van der Waals surface area contributed by atoms with Crippen molar-refractivity contribution in [3.8, 4) is 0 Å². The molecule has 94 valence electrons. The largest absolute Gasteiger partial charge is 0.326 e. The van der Waals surface area contributed by atoms with E-state index in [1.807, 2.05) is 0 Å². The van der Waals surface area contributed by atoms with Gasteiger partial charge < -0.3 is 5.73 Å². The van der Waals surface area contributed by atoms with Gasteiger partial charge in [0.05, 0.1) is 11.5 Å². The van der Waals surface area contributed by atoms with Crippen LogP contribution in [0.3, 0.4) is 0 Å². The van der Waals surface area contributed by atoms with Crippen molar-refractivity contribution in [2.75, 3.05) is 0 Å². The van der Waals surface area contributed by atoms with E-state index < -0.39 is 0 Å². The van der Waals surface area contributed by atoms with Crippen molar-refractivity contribution in [1.82, 2.24) is 4.90 Å². The maximum atomic E-state index is 12.5. The number of rotatable bonds is 1. The molecule has 1 heterocycles. The van der Waals surface area contributed by atoms with E-state index in [4.69, 9.17) is 5.73 Å². The second kappa shape index (κ2) is 3.80. The molecule has 2 N–H and O–H groups in total. The minimum absolute atomic E-state index is 0.000506. The van der Waals surface area contributed by atoms with Gasteiger partial charge in [-0.15, -0.1) is 0 Å². The lowest BCUT2D eigenvalue weighted by Crippen LogP contribution is -2.48. The van der Waals surface area contributed by atoms with Crippen molar-refractivity contribution in [3.63, 3.8) is 0 Å². The number of hydrogen-bond acceptors (Lipinski definition) is 3. The highest BCUT2D eigenvalue weighted by Crippen LogP contribution is 2.48. The Morgan fingerprint density at radius 2 is 1.82 bits per heavy atom. The third-order valence-electron chi connectivity index (χ3n) is 4.85. The summed E-state index contributed by atoms with van der Waals surface area (Å²) in [5.74, 6) is 0.113. The number of likely N-dealkylation sites (tertiary alicyclic amines) is 1. The van der Waals surface area contributed by atoms with Gasteiger partial charge in [0.25, 0.3) is 0 Å². The zero-order valence-electron chi connectivity index (χ0n) is 10.2. The van der Waals surface area contributed by atoms with Crippen molar-refractivity contribution >= 4 is 11.8 Å². The first-order chi connectivity index (χ1) is 8.14. The lowest BCUT2D eigenvalue weighted by Gasteiger charge is -2.28. The van der Waals surface area contributed by atoms with Gasteiger partial charge in [0.1, 0.15) is 0 Å². The van der Waals surface area contributed by atoms with Crippen molar-refractivity contribution in [3.05, 3.63) is 0 Å². The van der Waals surface area contributed by atoms with Gasteiger partial charge >= 0.3 is 0 Å². The summed E-state index contributed by atoms with van der Waals surface area (Å²) in [7, 11) is 0. The maximum absolute atomic E-state index is 12.5. The van der Waals surface area contributed by atoms with Crippen molar-refractivity contribution in [2.45, 2.75) is 63.5 Å². The Hall–Kier alpha value is -0.900. The average molecular weight is 236 g/mol. The summed E-state index contributed by atoms with van der Waals surface area (Å²) in [6.07, 6.45) is 7.29. The molecule has 0 aromatic carbocycles. The Morgan fingerprint density at radius 3 is 2.41 bits per heavy atom. The minimum atomic E-state index is -0.334. The number of carbonyl (C=O) groups excluding carboxylic acids is 2. The summed E-state index contributed by atoms with van der Waals surface area (Å²) in [5, 5.41) is 0. The van der Waals surface area contributed by atoms with E-state index >= 15 is 0 Å². The number of amides is 2. The van der Waals surface area contributed by atoms with E-state index in [-0.39, 0.29) is 29.3 Å². The van der Waals surface area contributed by atoms with Gasteiger partial charge in [-0.1, -0.05) is 12.8 Å². The van der Waals surface area contributed by atoms with Crippen LogP contribution >= 0.6 is 0 Å². The summed E-state index contributed by atoms with van der Waals surface area (Å²) in [6, 6.07) is -0.0190. The molecule has 4 nitrogen and oxygen atoms in total. The van der Waals surface area contributed by atoms with E-state index in [0.29, 0.717) is 6.42 Å². The van der Waals surface area contributed by atoms with E-state index in [1.54, 1.807) is 0 Å². The van der Waals surface area contributed by atoms with Crippen LogP contribution in [-0.4, -0.2) is 28.8 Å². The lowest BCUT2D eigenvalue weighted by atomic mass is 9.84. The number of imide groups is 1. The van der Waals surface area contributed by atoms with Crippen LogP contribution < -0.4 is 5.73 Å². The van der Waals surface area contributed by atoms with Crippen molar-refractivity contribution in [2.24, 2.45) is 11.1 Å². The molecule has 2 aliphatic carbocycles. The minimum Gasteiger partial charge on any atom is -0.326 e. The Morgan fingerprint density at radius 1 is 1.12 bits per heavy atom. The Labute approximate surface area is 102 Å². The van der Waals surface area contributed by atoms with Crippen LogP contribution in [0.2, 0.25) is 0 Å². The van der Waals surface area contributed by atoms with Crippen LogP contribution in [0.4, 0.5) is 0 Å². The highest BCUT2D eigenvalue weighted by molar-refractivity contribution is 6.06. The molecule has 0 radical (unpaired) electrons. The topological polar surface area (TPSA) is 63.4 Å². The molecule has 0 aromatic rings. The monoisotopic (exact) mass is 236 g/mol. The predicted octanol–water partition coefficient (Wildman–Crippen LogP) is 1.19. The molecule has 1 saturated heterocycles. The Bertz CT molecular complexity index is 360. The highest BCUT2D eigenvalue weighted by Gasteiger charge is 2.55. The average Bonchev–Trinajstić information content (AvgIpc) is 2.94. The molecular formula is C13H20N2O2. The van der Waals surface area contributed by atoms with E-state index in [9.17, 15) is 9.59 Å². The third-order valence-corrected chi connectivity index (χ3v) is 4.85. The van der Waals surface area contributed by atoms with Gasteiger partial charge in [0.15, 0.2) is 0 Å². The molecule has 4 heteroatoms. The standard InChI is InChI=1S/C13H20N2O2/c14-9-4-3-5-10(9)15-11(16)8-13(12(15)17)6-1-2-7-13/h9-10H,1-8,14H2. The van der Waals surface area contributed by atoms with Crippen LogP contribution in [-0.2, 0) is 9.59 Å². The van der Waals surface area contributed by atoms with E-state index in [0.717, 1.165) is 44.9 Å². The lowest BCUT2D eigenvalue weighted by molar-refractivity contribution is -0.144. The SMILES string of the molecule is NC1CCCC1N1C(=O)CC2(CCCC2)C1=O. The quantitative estimate of drug-likeness (QED) is 0.695. The van der Waals surface area contributed by atoms with E-state index in [2.05, 4.69) is 0 Å². The first-order valence-corrected chi connectivity index (χ1v) is 6.76. The smallest absolute Gasteiger partial charge is 0.236 e. The van der Waals surface area contributed by atoms with Gasteiger partial charge in [0.2, 0.25) is 11.8 Å². The van der Waals surface area contributed by atoms with Gasteiger partial charge in [-0.25, -0.2) is 0 Å². The maximum Gasteiger partial charge on any atom is 0.236 e. The molecule has 2 saturated carbocycles. The fourth-order valence-corrected chi connectivity index (χ4v) is 3.89. The van der Waals surface area contributed by atoms with Crippen LogP contribution in [0, 0.1) is 5.41 Å². The summed E-state index contributed by atoms with van der Waals surface area (Å²) >= 11 is 0. The molecule has 0 bridgehead atoms. The van der Waals surface area contributed by atoms with Gasteiger partial charge in [0, 0.05) is 12.5 Å². The van der Waals surface area contributed by atoms with Gasteiger partial charge in [-0.3, -0.25) is 14.5 Å². The predicted molar refractivity (Wildman–Crippen MR) is 63.0 cm³/mol. The van der Waals surface area contributed by atoms with Gasteiger partial charge in [-0.05, 0) is 32.1 Å². The zero-order valence-corrected chi connectivity index (χ0v) is 10.2. The van der Waals surface area contributed by atoms with Crippen molar-refractivity contribution in [1.29, 1.82) is 0 Å². The second-order valence-corrected chi connectivity index (χ2v) is 5.90. The number of hydrogen-bond donors (Lipinski definition) is 1. The molecule has 17 heavy (non-hydrogen) atoms. The molecule has 3 fully saturated rings. The molecule has 1 spiro atoms. The number of nitrogens with two attached hydrogens (primary N) is 1. The van der Waals surface area contributed by atoms with E-state index in [1.165, 1.54) is 4.90 Å². The molecule has 2 unspecified atom stereocenters. The Kier molecular flexibility index (Phi) is 2.51. The second-order valence-electron chi connectivity index (χ2n) is 5.90. The van der Waals surface area contributed by atoms with Crippen LogP contribution in [0.15, 0.2) is 0 Å². The first kappa shape index (κ1) is 11.2. The molecule has 3 aliphatic rings. The molecule has 0 aromatic heterocycles. The molecule has 1 aliphatic heterocycles.